The Kier molecular flexibility index (Phi) is 4.41. The van der Waals surface area contributed by atoms with E-state index < -0.39 is 23.3 Å². The zero-order valence-electron chi connectivity index (χ0n) is 11.6. The van der Waals surface area contributed by atoms with Crippen molar-refractivity contribution in [2.45, 2.75) is 25.1 Å². The fraction of sp³-hybridized carbons (Fsp3) is 0.500. The zero-order valence-corrected chi connectivity index (χ0v) is 11.6. The van der Waals surface area contributed by atoms with Gasteiger partial charge in [-0.1, -0.05) is 6.07 Å². The molecule has 1 aliphatic rings. The van der Waals surface area contributed by atoms with Gasteiger partial charge in [-0.05, 0) is 25.0 Å². The summed E-state index contributed by atoms with van der Waals surface area (Å²) in [6, 6.07) is 3.36. The predicted octanol–water partition coefficient (Wildman–Crippen LogP) is 2.54. The Bertz CT molecular complexity index is 525. The van der Waals surface area contributed by atoms with Crippen LogP contribution in [0.5, 0.6) is 0 Å². The highest BCUT2D eigenvalue weighted by atomic mass is 19.4. The smallest absolute Gasteiger partial charge is 0.398 e. The van der Waals surface area contributed by atoms with E-state index in [0.717, 1.165) is 18.9 Å². The minimum Gasteiger partial charge on any atom is -0.398 e. The Morgan fingerprint density at radius 1 is 1.48 bits per heavy atom. The molecular formula is C14H17F3N2O2. The molecule has 1 amide bonds. The molecule has 0 radical (unpaired) electrons. The number of nitrogens with two attached hydrogens (primary N) is 1. The number of nitrogen functional groups attached to an aromatic ring is 1. The molecule has 0 aromatic heterocycles. The number of rotatable bonds is 3. The van der Waals surface area contributed by atoms with Crippen LogP contribution >= 0.6 is 0 Å². The fourth-order valence-corrected chi connectivity index (χ4v) is 2.38. The van der Waals surface area contributed by atoms with Crippen molar-refractivity contribution in [3.63, 3.8) is 0 Å². The monoisotopic (exact) mass is 302 g/mol. The average Bonchev–Trinajstić information content (AvgIpc) is 2.89. The molecule has 21 heavy (non-hydrogen) atoms. The summed E-state index contributed by atoms with van der Waals surface area (Å²) in [5.74, 6) is -0.533. The van der Waals surface area contributed by atoms with E-state index in [2.05, 4.69) is 0 Å². The number of hydrogen-bond acceptors (Lipinski definition) is 3. The number of hydrogen-bond donors (Lipinski definition) is 1. The van der Waals surface area contributed by atoms with Gasteiger partial charge in [0.25, 0.3) is 5.91 Å². The molecule has 0 spiro atoms. The number of benzene rings is 1. The van der Waals surface area contributed by atoms with Crippen LogP contribution in [-0.2, 0) is 10.9 Å². The molecule has 1 atom stereocenters. The van der Waals surface area contributed by atoms with Gasteiger partial charge in [-0.3, -0.25) is 4.79 Å². The summed E-state index contributed by atoms with van der Waals surface area (Å²) in [5, 5.41) is 0. The summed E-state index contributed by atoms with van der Waals surface area (Å²) in [7, 11) is 1.53. The summed E-state index contributed by atoms with van der Waals surface area (Å²) in [6.45, 7) is 0.993. The number of anilines is 1. The molecule has 1 unspecified atom stereocenters. The molecule has 4 nitrogen and oxygen atoms in total. The summed E-state index contributed by atoms with van der Waals surface area (Å²) >= 11 is 0. The van der Waals surface area contributed by atoms with E-state index in [1.807, 2.05) is 0 Å². The predicted molar refractivity (Wildman–Crippen MR) is 71.8 cm³/mol. The van der Waals surface area contributed by atoms with Crippen LogP contribution in [-0.4, -0.2) is 37.1 Å². The highest BCUT2D eigenvalue weighted by molar-refractivity contribution is 5.99. The van der Waals surface area contributed by atoms with Crippen molar-refractivity contribution >= 4 is 11.6 Å². The van der Waals surface area contributed by atoms with Crippen LogP contribution in [0.1, 0.15) is 28.8 Å². The van der Waals surface area contributed by atoms with Gasteiger partial charge in [0.05, 0.1) is 22.9 Å². The quantitative estimate of drug-likeness (QED) is 0.873. The fourth-order valence-electron chi connectivity index (χ4n) is 2.38. The number of para-hydroxylation sites is 1. The van der Waals surface area contributed by atoms with Crippen molar-refractivity contribution < 1.29 is 22.7 Å². The van der Waals surface area contributed by atoms with Crippen LogP contribution in [0.4, 0.5) is 18.9 Å². The minimum atomic E-state index is -4.58. The topological polar surface area (TPSA) is 55.6 Å². The molecule has 0 bridgehead atoms. The van der Waals surface area contributed by atoms with E-state index in [0.29, 0.717) is 13.2 Å². The van der Waals surface area contributed by atoms with Gasteiger partial charge in [0.1, 0.15) is 0 Å². The van der Waals surface area contributed by atoms with Gasteiger partial charge in [-0.2, -0.15) is 13.2 Å². The van der Waals surface area contributed by atoms with Crippen LogP contribution in [0, 0.1) is 0 Å². The maximum absolute atomic E-state index is 12.8. The molecule has 2 rings (SSSR count). The van der Waals surface area contributed by atoms with Gasteiger partial charge >= 0.3 is 6.18 Å². The van der Waals surface area contributed by atoms with E-state index in [9.17, 15) is 18.0 Å². The third kappa shape index (κ3) is 3.47. The van der Waals surface area contributed by atoms with E-state index in [-0.39, 0.29) is 11.7 Å². The van der Waals surface area contributed by atoms with Crippen molar-refractivity contribution in [2.75, 3.05) is 25.9 Å². The van der Waals surface area contributed by atoms with Crippen LogP contribution in [0.3, 0.4) is 0 Å². The highest BCUT2D eigenvalue weighted by Gasteiger charge is 2.34. The molecule has 1 aromatic rings. The van der Waals surface area contributed by atoms with Crippen LogP contribution in [0.15, 0.2) is 18.2 Å². The van der Waals surface area contributed by atoms with Gasteiger partial charge in [0, 0.05) is 20.2 Å². The van der Waals surface area contributed by atoms with Gasteiger partial charge in [0.2, 0.25) is 0 Å². The molecule has 1 fully saturated rings. The van der Waals surface area contributed by atoms with Gasteiger partial charge in [0.15, 0.2) is 0 Å². The van der Waals surface area contributed by atoms with Gasteiger partial charge in [-0.25, -0.2) is 0 Å². The molecule has 0 saturated carbocycles. The Morgan fingerprint density at radius 2 is 2.19 bits per heavy atom. The third-order valence-corrected chi connectivity index (χ3v) is 3.49. The van der Waals surface area contributed by atoms with E-state index >= 15 is 0 Å². The first-order valence-corrected chi connectivity index (χ1v) is 6.63. The van der Waals surface area contributed by atoms with Crippen LogP contribution < -0.4 is 5.73 Å². The van der Waals surface area contributed by atoms with E-state index in [1.165, 1.54) is 24.1 Å². The normalized spacial score (nSPS) is 18.8. The highest BCUT2D eigenvalue weighted by Crippen LogP contribution is 2.35. The Labute approximate surface area is 120 Å². The van der Waals surface area contributed by atoms with Crippen LogP contribution in [0.25, 0.3) is 0 Å². The second-order valence-electron chi connectivity index (χ2n) is 5.09. The second kappa shape index (κ2) is 5.93. The number of halogens is 3. The number of alkyl halides is 3. The first-order chi connectivity index (χ1) is 9.80. The van der Waals surface area contributed by atoms with Gasteiger partial charge in [-0.15, -0.1) is 0 Å². The first-order valence-electron chi connectivity index (χ1n) is 6.63. The number of carbonyl (C=O) groups excluding carboxylic acids is 1. The van der Waals surface area contributed by atoms with Gasteiger partial charge < -0.3 is 15.4 Å². The molecule has 1 aliphatic heterocycles. The van der Waals surface area contributed by atoms with E-state index in [4.69, 9.17) is 10.5 Å². The SMILES string of the molecule is CN(CC1CCCO1)C(=O)c1cccc(C(F)(F)F)c1N. The third-order valence-electron chi connectivity index (χ3n) is 3.49. The minimum absolute atomic E-state index is 0.0639. The summed E-state index contributed by atoms with van der Waals surface area (Å²) in [5.41, 5.74) is 3.86. The first kappa shape index (κ1) is 15.6. The molecule has 0 aliphatic carbocycles. The molecule has 116 valence electrons. The number of ether oxygens (including phenoxy) is 1. The van der Waals surface area contributed by atoms with E-state index in [1.54, 1.807) is 0 Å². The Balaban J connectivity index is 2.18. The summed E-state index contributed by atoms with van der Waals surface area (Å²) in [4.78, 5) is 13.6. The van der Waals surface area contributed by atoms with Crippen molar-refractivity contribution in [1.82, 2.24) is 4.90 Å². The summed E-state index contributed by atoms with van der Waals surface area (Å²) in [6.07, 6.45) is -2.87. The molecule has 1 heterocycles. The maximum Gasteiger partial charge on any atom is 0.418 e. The molecular weight excluding hydrogens is 285 g/mol. The molecule has 7 heteroatoms. The van der Waals surface area contributed by atoms with Crippen molar-refractivity contribution in [3.05, 3.63) is 29.3 Å². The lowest BCUT2D eigenvalue weighted by Gasteiger charge is -2.22. The number of likely N-dealkylation sites (N-methyl/N-ethyl adjacent to an activating group) is 1. The Hall–Kier alpha value is -1.76. The lowest BCUT2D eigenvalue weighted by atomic mass is 10.1. The maximum atomic E-state index is 12.8. The van der Waals surface area contributed by atoms with Crippen LogP contribution in [0.2, 0.25) is 0 Å². The number of carbonyl (C=O) groups is 1. The zero-order chi connectivity index (χ0) is 15.6. The average molecular weight is 302 g/mol. The largest absolute Gasteiger partial charge is 0.418 e. The molecule has 1 aromatic carbocycles. The van der Waals surface area contributed by atoms with Crippen molar-refractivity contribution in [3.8, 4) is 0 Å². The van der Waals surface area contributed by atoms with Crippen molar-refractivity contribution in [2.24, 2.45) is 0 Å². The second-order valence-corrected chi connectivity index (χ2v) is 5.09. The van der Waals surface area contributed by atoms with Crippen molar-refractivity contribution in [1.29, 1.82) is 0 Å². The molecule has 2 N–H and O–H groups in total. The number of amides is 1. The Morgan fingerprint density at radius 3 is 2.76 bits per heavy atom. The lowest BCUT2D eigenvalue weighted by Crippen LogP contribution is -2.34. The standard InChI is InChI=1S/C14H17F3N2O2/c1-19(8-9-4-3-7-21-9)13(20)10-5-2-6-11(12(10)18)14(15,16)17/h2,5-6,9H,3-4,7-8,18H2,1H3. The lowest BCUT2D eigenvalue weighted by molar-refractivity contribution is -0.136. The summed E-state index contributed by atoms with van der Waals surface area (Å²) < 4.78 is 43.8. The number of nitrogens with zero attached hydrogens (tertiary/aromatic N) is 1. The molecule has 1 saturated heterocycles.